The molecule has 0 saturated carbocycles. The van der Waals surface area contributed by atoms with Gasteiger partial charge in [-0.05, 0) is 70.6 Å². The Hall–Kier alpha value is -3.14. The fourth-order valence-electron chi connectivity index (χ4n) is 3.85. The molecule has 0 aliphatic heterocycles. The first kappa shape index (κ1) is 21.1. The van der Waals surface area contributed by atoms with Gasteiger partial charge in [-0.25, -0.2) is 17.6 Å². The second kappa shape index (κ2) is 8.93. The van der Waals surface area contributed by atoms with Gasteiger partial charge in [-0.2, -0.15) is 0 Å². The van der Waals surface area contributed by atoms with E-state index in [1.54, 1.807) is 36.4 Å². The Balaban J connectivity index is 1.64. The van der Waals surface area contributed by atoms with Crippen LogP contribution in [0, 0.1) is 23.3 Å². The molecule has 0 aromatic heterocycles. The van der Waals surface area contributed by atoms with Gasteiger partial charge < -0.3 is 0 Å². The highest BCUT2D eigenvalue weighted by Gasteiger charge is 2.12. The molecule has 0 aliphatic carbocycles. The number of benzene rings is 4. The van der Waals surface area contributed by atoms with Gasteiger partial charge in [-0.3, -0.25) is 0 Å². The number of fused-ring (bicyclic) bond motifs is 1. The average molecular weight is 422 g/mol. The van der Waals surface area contributed by atoms with Crippen molar-refractivity contribution >= 4 is 10.8 Å². The predicted octanol–water partition coefficient (Wildman–Crippen LogP) is 8.46. The summed E-state index contributed by atoms with van der Waals surface area (Å²) in [4.78, 5) is 0. The summed E-state index contributed by atoms with van der Waals surface area (Å²) in [5, 5.41) is 1.00. The van der Waals surface area contributed by atoms with E-state index in [1.165, 1.54) is 12.1 Å². The Labute approximate surface area is 179 Å². The third-order valence-corrected chi connectivity index (χ3v) is 5.57. The van der Waals surface area contributed by atoms with Gasteiger partial charge in [-0.1, -0.05) is 56.2 Å². The first-order chi connectivity index (χ1) is 15.0. The highest BCUT2D eigenvalue weighted by molar-refractivity contribution is 5.88. The topological polar surface area (TPSA) is 0 Å². The van der Waals surface area contributed by atoms with Crippen LogP contribution >= 0.6 is 0 Å². The molecular weight excluding hydrogens is 400 g/mol. The van der Waals surface area contributed by atoms with Crippen LogP contribution in [0.25, 0.3) is 33.0 Å². The van der Waals surface area contributed by atoms with E-state index in [0.717, 1.165) is 43.4 Å². The highest BCUT2D eigenvalue weighted by Crippen LogP contribution is 2.32. The molecule has 0 amide bonds. The molecule has 0 radical (unpaired) electrons. The van der Waals surface area contributed by atoms with Crippen LogP contribution in [0.5, 0.6) is 0 Å². The van der Waals surface area contributed by atoms with Gasteiger partial charge in [0, 0.05) is 11.1 Å². The Morgan fingerprint density at radius 1 is 0.548 bits per heavy atom. The molecule has 0 unspecified atom stereocenters. The predicted molar refractivity (Wildman–Crippen MR) is 118 cm³/mol. The monoisotopic (exact) mass is 422 g/mol. The number of aryl methyl sites for hydroxylation is 1. The maximum absolute atomic E-state index is 14.9. The lowest BCUT2D eigenvalue weighted by Gasteiger charge is -2.10. The fraction of sp³-hybridized carbons (Fsp3) is 0.185. The van der Waals surface area contributed by atoms with Crippen molar-refractivity contribution < 1.29 is 17.6 Å². The van der Waals surface area contributed by atoms with E-state index in [0.29, 0.717) is 33.0 Å². The maximum Gasteiger partial charge on any atom is 0.159 e. The van der Waals surface area contributed by atoms with Gasteiger partial charge in [0.1, 0.15) is 11.6 Å². The highest BCUT2D eigenvalue weighted by atomic mass is 19.2. The van der Waals surface area contributed by atoms with Crippen LogP contribution in [0.4, 0.5) is 17.6 Å². The molecule has 0 nitrogen and oxygen atoms in total. The summed E-state index contributed by atoms with van der Waals surface area (Å²) in [6.45, 7) is 2.12. The lowest BCUT2D eigenvalue weighted by atomic mass is 9.96. The van der Waals surface area contributed by atoms with Crippen molar-refractivity contribution in [1.82, 2.24) is 0 Å². The molecule has 4 heteroatoms. The van der Waals surface area contributed by atoms with E-state index >= 15 is 0 Å². The third kappa shape index (κ3) is 4.48. The van der Waals surface area contributed by atoms with Gasteiger partial charge in [-0.15, -0.1) is 0 Å². The zero-order valence-electron chi connectivity index (χ0n) is 17.2. The summed E-state index contributed by atoms with van der Waals surface area (Å²) in [5.41, 5.74) is 2.58. The smallest absolute Gasteiger partial charge is 0.159 e. The molecule has 0 aliphatic rings. The Kier molecular flexibility index (Phi) is 6.08. The van der Waals surface area contributed by atoms with Crippen molar-refractivity contribution in [2.24, 2.45) is 0 Å². The SMILES string of the molecule is CCCCCc1ccc(-c2ccc(-c3ccc4cc(F)c(F)cc4c3)c(F)c2)c(F)c1. The third-order valence-electron chi connectivity index (χ3n) is 5.57. The van der Waals surface area contributed by atoms with Crippen molar-refractivity contribution in [2.75, 3.05) is 0 Å². The quantitative estimate of drug-likeness (QED) is 0.216. The first-order valence-corrected chi connectivity index (χ1v) is 10.4. The second-order valence-corrected chi connectivity index (χ2v) is 7.79. The molecule has 0 spiro atoms. The van der Waals surface area contributed by atoms with Crippen LogP contribution in [0.2, 0.25) is 0 Å². The molecular formula is C27H22F4. The molecule has 0 saturated heterocycles. The normalized spacial score (nSPS) is 11.3. The molecule has 4 rings (SSSR count). The van der Waals surface area contributed by atoms with Crippen molar-refractivity contribution in [2.45, 2.75) is 32.6 Å². The lowest BCUT2D eigenvalue weighted by molar-refractivity contribution is 0.511. The van der Waals surface area contributed by atoms with E-state index in [2.05, 4.69) is 6.92 Å². The molecule has 4 aromatic carbocycles. The minimum atomic E-state index is -0.950. The second-order valence-electron chi connectivity index (χ2n) is 7.79. The molecule has 4 aromatic rings. The van der Waals surface area contributed by atoms with Crippen LogP contribution in [0.1, 0.15) is 31.7 Å². The average Bonchev–Trinajstić information content (AvgIpc) is 2.74. The summed E-state index contributed by atoms with van der Waals surface area (Å²) in [5.74, 6) is -2.75. The van der Waals surface area contributed by atoms with Gasteiger partial charge in [0.05, 0.1) is 0 Å². The molecule has 0 bridgehead atoms. The Morgan fingerprint density at radius 3 is 1.84 bits per heavy atom. The maximum atomic E-state index is 14.9. The molecule has 0 atom stereocenters. The summed E-state index contributed by atoms with van der Waals surface area (Å²) < 4.78 is 56.6. The number of hydrogen-bond acceptors (Lipinski definition) is 0. The first-order valence-electron chi connectivity index (χ1n) is 10.4. The molecule has 31 heavy (non-hydrogen) atoms. The van der Waals surface area contributed by atoms with E-state index in [4.69, 9.17) is 0 Å². The Morgan fingerprint density at radius 2 is 1.16 bits per heavy atom. The lowest BCUT2D eigenvalue weighted by Crippen LogP contribution is -1.92. The zero-order valence-corrected chi connectivity index (χ0v) is 17.2. The van der Waals surface area contributed by atoms with Crippen molar-refractivity contribution in [3.63, 3.8) is 0 Å². The van der Waals surface area contributed by atoms with Crippen LogP contribution in [-0.2, 0) is 6.42 Å². The van der Waals surface area contributed by atoms with E-state index < -0.39 is 17.5 Å². The van der Waals surface area contributed by atoms with Crippen molar-refractivity contribution in [3.05, 3.63) is 95.6 Å². The van der Waals surface area contributed by atoms with Gasteiger partial charge in [0.15, 0.2) is 11.6 Å². The molecule has 0 heterocycles. The van der Waals surface area contributed by atoms with Crippen LogP contribution in [0.15, 0.2) is 66.7 Å². The van der Waals surface area contributed by atoms with Crippen molar-refractivity contribution in [1.29, 1.82) is 0 Å². The summed E-state index contributed by atoms with van der Waals surface area (Å²) in [7, 11) is 0. The number of unbranched alkanes of at least 4 members (excludes halogenated alkanes) is 2. The van der Waals surface area contributed by atoms with E-state index in [1.807, 2.05) is 6.07 Å². The van der Waals surface area contributed by atoms with Gasteiger partial charge in [0.2, 0.25) is 0 Å². The fourth-order valence-corrected chi connectivity index (χ4v) is 3.85. The molecule has 0 fully saturated rings. The van der Waals surface area contributed by atoms with Crippen LogP contribution in [0.3, 0.4) is 0 Å². The Bertz CT molecular complexity index is 1240. The van der Waals surface area contributed by atoms with Gasteiger partial charge >= 0.3 is 0 Å². The summed E-state index contributed by atoms with van der Waals surface area (Å²) in [6.07, 6.45) is 4.05. The molecule has 158 valence electrons. The van der Waals surface area contributed by atoms with Crippen LogP contribution < -0.4 is 0 Å². The summed E-state index contributed by atoms with van der Waals surface area (Å²) >= 11 is 0. The summed E-state index contributed by atoms with van der Waals surface area (Å²) in [6, 6.07) is 16.8. The minimum Gasteiger partial charge on any atom is -0.206 e. The zero-order chi connectivity index (χ0) is 22.0. The number of halogens is 4. The minimum absolute atomic E-state index is 0.312. The van der Waals surface area contributed by atoms with Crippen LogP contribution in [-0.4, -0.2) is 0 Å². The largest absolute Gasteiger partial charge is 0.206 e. The van der Waals surface area contributed by atoms with E-state index in [9.17, 15) is 17.6 Å². The van der Waals surface area contributed by atoms with E-state index in [-0.39, 0.29) is 5.82 Å². The van der Waals surface area contributed by atoms with Gasteiger partial charge in [0.25, 0.3) is 0 Å². The number of rotatable bonds is 6. The standard InChI is InChI=1S/C27H22F4/c1-2-3-4-5-17-6-10-22(24(28)12-17)20-9-11-23(25(29)15-20)19-8-7-18-14-26(30)27(31)16-21(18)13-19/h6-16H,2-5H2,1H3. The van der Waals surface area contributed by atoms with Crippen molar-refractivity contribution in [3.8, 4) is 22.3 Å². The number of hydrogen-bond donors (Lipinski definition) is 0. The molecule has 0 N–H and O–H groups in total.